The Morgan fingerprint density at radius 1 is 0.897 bits per heavy atom. The summed E-state index contributed by atoms with van der Waals surface area (Å²) in [5.41, 5.74) is 3.09. The van der Waals surface area contributed by atoms with Gasteiger partial charge < -0.3 is 14.8 Å². The monoisotopic (exact) mass is 405 g/mol. The Labute approximate surface area is 172 Å². The number of benzene rings is 3. The van der Waals surface area contributed by atoms with Gasteiger partial charge in [-0.3, -0.25) is 4.79 Å². The van der Waals surface area contributed by atoms with Crippen LogP contribution in [0.5, 0.6) is 11.5 Å². The second-order valence-electron chi connectivity index (χ2n) is 6.25. The van der Waals surface area contributed by atoms with Gasteiger partial charge in [-0.2, -0.15) is 8.75 Å². The van der Waals surface area contributed by atoms with E-state index in [0.29, 0.717) is 31.1 Å². The number of amides is 1. The van der Waals surface area contributed by atoms with Gasteiger partial charge in [0.1, 0.15) is 35.7 Å². The Balaban J connectivity index is 1.36. The van der Waals surface area contributed by atoms with Gasteiger partial charge in [-0.05, 0) is 30.3 Å². The van der Waals surface area contributed by atoms with E-state index in [1.54, 1.807) is 12.1 Å². The van der Waals surface area contributed by atoms with Crippen molar-refractivity contribution in [3.63, 3.8) is 0 Å². The standard InChI is InChI=1S/C22H19N3O3S/c26-22(23-13-14-27-17-8-2-1-3-9-17)18-10-4-5-12-20(18)28-15-16-7-6-11-19-21(16)25-29-24-19/h1-12H,13-15H2,(H,23,26). The molecule has 3 aromatic carbocycles. The molecule has 0 saturated heterocycles. The average molecular weight is 405 g/mol. The summed E-state index contributed by atoms with van der Waals surface area (Å²) in [5.74, 6) is 1.09. The predicted octanol–water partition coefficient (Wildman–Crippen LogP) is 4.08. The molecule has 0 atom stereocenters. The lowest BCUT2D eigenvalue weighted by atomic mass is 10.1. The van der Waals surface area contributed by atoms with Crippen LogP contribution in [-0.4, -0.2) is 27.8 Å². The van der Waals surface area contributed by atoms with Crippen LogP contribution < -0.4 is 14.8 Å². The third kappa shape index (κ3) is 4.70. The first-order chi connectivity index (χ1) is 14.3. The highest BCUT2D eigenvalue weighted by Crippen LogP contribution is 2.22. The van der Waals surface area contributed by atoms with E-state index < -0.39 is 0 Å². The second-order valence-corrected chi connectivity index (χ2v) is 6.78. The largest absolute Gasteiger partial charge is 0.492 e. The molecule has 1 aromatic heterocycles. The Bertz CT molecular complexity index is 1100. The molecule has 4 rings (SSSR count). The van der Waals surface area contributed by atoms with E-state index in [-0.39, 0.29) is 5.91 Å². The molecule has 1 N–H and O–H groups in total. The van der Waals surface area contributed by atoms with Crippen molar-refractivity contribution in [1.82, 2.24) is 14.1 Å². The van der Waals surface area contributed by atoms with Gasteiger partial charge in [0.25, 0.3) is 5.91 Å². The Morgan fingerprint density at radius 2 is 1.72 bits per heavy atom. The van der Waals surface area contributed by atoms with Crippen LogP contribution in [0.15, 0.2) is 72.8 Å². The number of fused-ring (bicyclic) bond motifs is 1. The topological polar surface area (TPSA) is 73.3 Å². The zero-order valence-electron chi connectivity index (χ0n) is 15.6. The van der Waals surface area contributed by atoms with Gasteiger partial charge in [0, 0.05) is 5.56 Å². The summed E-state index contributed by atoms with van der Waals surface area (Å²) >= 11 is 1.17. The maximum atomic E-state index is 12.6. The zero-order valence-corrected chi connectivity index (χ0v) is 16.4. The first-order valence-corrected chi connectivity index (χ1v) is 9.92. The molecule has 29 heavy (non-hydrogen) atoms. The molecule has 0 radical (unpaired) electrons. The van der Waals surface area contributed by atoms with Gasteiger partial charge in [0.15, 0.2) is 0 Å². The van der Waals surface area contributed by atoms with E-state index in [1.807, 2.05) is 60.7 Å². The fourth-order valence-corrected chi connectivity index (χ4v) is 3.43. The van der Waals surface area contributed by atoms with E-state index >= 15 is 0 Å². The summed E-state index contributed by atoms with van der Waals surface area (Å²) in [6.45, 7) is 1.09. The van der Waals surface area contributed by atoms with Gasteiger partial charge in [-0.1, -0.05) is 42.5 Å². The number of nitrogens with one attached hydrogen (secondary N) is 1. The number of aromatic nitrogens is 2. The maximum absolute atomic E-state index is 12.6. The minimum absolute atomic E-state index is 0.203. The highest BCUT2D eigenvalue weighted by molar-refractivity contribution is 7.00. The summed E-state index contributed by atoms with van der Waals surface area (Å²) in [5, 5.41) is 2.87. The highest BCUT2D eigenvalue weighted by Gasteiger charge is 2.13. The lowest BCUT2D eigenvalue weighted by Crippen LogP contribution is -2.28. The highest BCUT2D eigenvalue weighted by atomic mass is 32.1. The van der Waals surface area contributed by atoms with Crippen LogP contribution in [0.1, 0.15) is 15.9 Å². The number of ether oxygens (including phenoxy) is 2. The molecule has 1 amide bonds. The molecule has 0 aliphatic heterocycles. The zero-order chi connectivity index (χ0) is 19.9. The Morgan fingerprint density at radius 3 is 2.62 bits per heavy atom. The van der Waals surface area contributed by atoms with Crippen LogP contribution >= 0.6 is 11.7 Å². The van der Waals surface area contributed by atoms with E-state index in [0.717, 1.165) is 22.3 Å². The van der Waals surface area contributed by atoms with Crippen LogP contribution in [0.25, 0.3) is 11.0 Å². The van der Waals surface area contributed by atoms with E-state index in [9.17, 15) is 4.79 Å². The molecule has 7 heteroatoms. The normalized spacial score (nSPS) is 10.6. The summed E-state index contributed by atoms with van der Waals surface area (Å²) in [4.78, 5) is 12.6. The van der Waals surface area contributed by atoms with Crippen molar-refractivity contribution in [3.8, 4) is 11.5 Å². The second kappa shape index (κ2) is 9.16. The van der Waals surface area contributed by atoms with Crippen LogP contribution in [0, 0.1) is 0 Å². The molecular formula is C22H19N3O3S. The molecule has 0 spiro atoms. The van der Waals surface area contributed by atoms with Crippen molar-refractivity contribution < 1.29 is 14.3 Å². The Kier molecular flexibility index (Phi) is 5.97. The van der Waals surface area contributed by atoms with Gasteiger partial charge in [-0.25, -0.2) is 0 Å². The molecule has 0 aliphatic carbocycles. The van der Waals surface area contributed by atoms with Crippen molar-refractivity contribution >= 4 is 28.7 Å². The van der Waals surface area contributed by atoms with Gasteiger partial charge in [-0.15, -0.1) is 0 Å². The summed E-state index contributed by atoms with van der Waals surface area (Å²) in [6, 6.07) is 22.5. The number of hydrogen-bond donors (Lipinski definition) is 1. The van der Waals surface area contributed by atoms with Crippen molar-refractivity contribution in [2.24, 2.45) is 0 Å². The third-order valence-electron chi connectivity index (χ3n) is 4.28. The number of carbonyl (C=O) groups excluding carboxylic acids is 1. The fraction of sp³-hybridized carbons (Fsp3) is 0.136. The van der Waals surface area contributed by atoms with E-state index in [2.05, 4.69) is 14.1 Å². The van der Waals surface area contributed by atoms with Crippen molar-refractivity contribution in [3.05, 3.63) is 83.9 Å². The van der Waals surface area contributed by atoms with Gasteiger partial charge >= 0.3 is 0 Å². The lowest BCUT2D eigenvalue weighted by molar-refractivity contribution is 0.0942. The molecule has 1 heterocycles. The van der Waals surface area contributed by atoms with Crippen molar-refractivity contribution in [1.29, 1.82) is 0 Å². The summed E-state index contributed by atoms with van der Waals surface area (Å²) < 4.78 is 20.1. The molecular weight excluding hydrogens is 386 g/mol. The molecule has 0 saturated carbocycles. The Hall–Kier alpha value is -3.45. The number of para-hydroxylation sites is 2. The third-order valence-corrected chi connectivity index (χ3v) is 4.83. The molecule has 0 fully saturated rings. The first kappa shape index (κ1) is 18.9. The number of carbonyl (C=O) groups is 1. The molecule has 0 bridgehead atoms. The predicted molar refractivity (Wildman–Crippen MR) is 112 cm³/mol. The number of hydrogen-bond acceptors (Lipinski definition) is 6. The molecule has 146 valence electrons. The summed E-state index contributed by atoms with van der Waals surface area (Å²) in [6.07, 6.45) is 0. The van der Waals surface area contributed by atoms with Crippen molar-refractivity contribution in [2.45, 2.75) is 6.61 Å². The minimum Gasteiger partial charge on any atom is -0.492 e. The van der Waals surface area contributed by atoms with Crippen LogP contribution in [-0.2, 0) is 6.61 Å². The maximum Gasteiger partial charge on any atom is 0.255 e. The number of rotatable bonds is 8. The molecule has 0 aliphatic rings. The van der Waals surface area contributed by atoms with Gasteiger partial charge in [0.2, 0.25) is 0 Å². The lowest BCUT2D eigenvalue weighted by Gasteiger charge is -2.12. The quantitative estimate of drug-likeness (QED) is 0.447. The number of nitrogens with zero attached hydrogens (tertiary/aromatic N) is 2. The van der Waals surface area contributed by atoms with Gasteiger partial charge in [0.05, 0.1) is 23.8 Å². The first-order valence-electron chi connectivity index (χ1n) is 9.19. The van der Waals surface area contributed by atoms with Crippen LogP contribution in [0.2, 0.25) is 0 Å². The minimum atomic E-state index is -0.203. The fourth-order valence-electron chi connectivity index (χ4n) is 2.86. The van der Waals surface area contributed by atoms with Crippen molar-refractivity contribution in [2.75, 3.05) is 13.2 Å². The van der Waals surface area contributed by atoms with Crippen LogP contribution in [0.4, 0.5) is 0 Å². The smallest absolute Gasteiger partial charge is 0.255 e. The summed E-state index contributed by atoms with van der Waals surface area (Å²) in [7, 11) is 0. The van der Waals surface area contributed by atoms with E-state index in [1.165, 1.54) is 11.7 Å². The van der Waals surface area contributed by atoms with Crippen LogP contribution in [0.3, 0.4) is 0 Å². The SMILES string of the molecule is O=C(NCCOc1ccccc1)c1ccccc1OCc1cccc2nsnc12. The molecule has 4 aromatic rings. The molecule has 6 nitrogen and oxygen atoms in total. The molecule has 0 unspecified atom stereocenters. The van der Waals surface area contributed by atoms with E-state index in [4.69, 9.17) is 9.47 Å². The average Bonchev–Trinajstić information content (AvgIpc) is 3.25.